The van der Waals surface area contributed by atoms with Gasteiger partial charge in [-0.2, -0.15) is 0 Å². The number of hydrogen-bond acceptors (Lipinski definition) is 2. The zero-order valence-electron chi connectivity index (χ0n) is 6.10. The Hall–Kier alpha value is -1.26. The monoisotopic (exact) mass is 176 g/mol. The Labute approximate surface area is 67.4 Å². The van der Waals surface area contributed by atoms with Gasteiger partial charge in [0.15, 0.2) is 0 Å². The van der Waals surface area contributed by atoms with Gasteiger partial charge in [-0.05, 0) is 12.1 Å². The van der Waals surface area contributed by atoms with Crippen LogP contribution in [0.15, 0.2) is 18.3 Å². The molecule has 0 saturated heterocycles. The number of hydrogen-bond donors (Lipinski definition) is 1. The van der Waals surface area contributed by atoms with Gasteiger partial charge in [-0.3, -0.25) is 0 Å². The molecule has 0 spiro atoms. The van der Waals surface area contributed by atoms with Gasteiger partial charge in [-0.15, -0.1) is 0 Å². The summed E-state index contributed by atoms with van der Waals surface area (Å²) in [6.07, 6.45) is -1.47. The summed E-state index contributed by atoms with van der Waals surface area (Å²) in [5.41, 5.74) is 0. The summed E-state index contributed by atoms with van der Waals surface area (Å²) in [4.78, 5) is 3.53. The van der Waals surface area contributed by atoms with Crippen LogP contribution in [0.5, 0.6) is 0 Å². The molecule has 0 amide bonds. The van der Waals surface area contributed by atoms with Crippen LogP contribution in [0.2, 0.25) is 0 Å². The normalized spacial score (nSPS) is 10.3. The average Bonchev–Trinajstić information content (AvgIpc) is 2.03. The zero-order valence-corrected chi connectivity index (χ0v) is 6.10. The summed E-state index contributed by atoms with van der Waals surface area (Å²) in [6, 6.07) is 2.46. The average molecular weight is 176 g/mol. The Morgan fingerprint density at radius 1 is 1.42 bits per heavy atom. The van der Waals surface area contributed by atoms with Gasteiger partial charge in [0, 0.05) is 0 Å². The third kappa shape index (κ3) is 2.77. The molecule has 0 aliphatic heterocycles. The maximum absolute atomic E-state index is 12.2. The van der Waals surface area contributed by atoms with E-state index in [0.29, 0.717) is 0 Å². The Morgan fingerprint density at radius 3 is 2.67 bits per heavy atom. The first-order valence-corrected chi connectivity index (χ1v) is 3.32. The molecule has 0 aliphatic carbocycles. The highest BCUT2D eigenvalue weighted by Crippen LogP contribution is 2.03. The van der Waals surface area contributed by atoms with Gasteiger partial charge in [0.25, 0.3) is 6.43 Å². The van der Waals surface area contributed by atoms with Crippen LogP contribution in [-0.2, 0) is 0 Å². The minimum atomic E-state index is -2.43. The molecule has 12 heavy (non-hydrogen) atoms. The fourth-order valence-electron chi connectivity index (χ4n) is 0.662. The molecule has 66 valence electrons. The minimum absolute atomic E-state index is 0.247. The first kappa shape index (κ1) is 8.83. The van der Waals surface area contributed by atoms with Crippen molar-refractivity contribution < 1.29 is 13.2 Å². The standard InChI is InChI=1S/C7H7F3N2/c8-5-1-2-7(11-3-5)12-4-6(9)10/h1-3,6H,4H2,(H,11,12). The molecule has 1 heterocycles. The number of pyridine rings is 1. The molecule has 0 bridgehead atoms. The van der Waals surface area contributed by atoms with Crippen molar-refractivity contribution in [1.82, 2.24) is 4.98 Å². The fraction of sp³-hybridized carbons (Fsp3) is 0.286. The van der Waals surface area contributed by atoms with Gasteiger partial charge < -0.3 is 5.32 Å². The molecule has 2 nitrogen and oxygen atoms in total. The second-order valence-corrected chi connectivity index (χ2v) is 2.13. The third-order valence-electron chi connectivity index (χ3n) is 1.16. The molecule has 1 aromatic heterocycles. The molecule has 0 atom stereocenters. The lowest BCUT2D eigenvalue weighted by molar-refractivity contribution is 0.163. The number of alkyl halides is 2. The van der Waals surface area contributed by atoms with Gasteiger partial charge in [0.1, 0.15) is 11.6 Å². The Morgan fingerprint density at radius 2 is 2.17 bits per heavy atom. The van der Waals surface area contributed by atoms with Crippen molar-refractivity contribution in [3.05, 3.63) is 24.1 Å². The molecule has 0 aliphatic rings. The molecular weight excluding hydrogens is 169 g/mol. The van der Waals surface area contributed by atoms with E-state index in [1.54, 1.807) is 0 Å². The van der Waals surface area contributed by atoms with Gasteiger partial charge in [0.05, 0.1) is 12.7 Å². The smallest absolute Gasteiger partial charge is 0.255 e. The van der Waals surface area contributed by atoms with E-state index in [2.05, 4.69) is 10.3 Å². The first-order valence-electron chi connectivity index (χ1n) is 3.32. The second-order valence-electron chi connectivity index (χ2n) is 2.13. The summed E-state index contributed by atoms with van der Waals surface area (Å²) >= 11 is 0. The molecule has 0 radical (unpaired) electrons. The van der Waals surface area contributed by atoms with Crippen molar-refractivity contribution in [2.24, 2.45) is 0 Å². The van der Waals surface area contributed by atoms with E-state index < -0.39 is 18.8 Å². The van der Waals surface area contributed by atoms with E-state index in [9.17, 15) is 13.2 Å². The van der Waals surface area contributed by atoms with Gasteiger partial charge in [0.2, 0.25) is 0 Å². The second kappa shape index (κ2) is 3.94. The maximum Gasteiger partial charge on any atom is 0.255 e. The predicted molar refractivity (Wildman–Crippen MR) is 38.7 cm³/mol. The summed E-state index contributed by atoms with van der Waals surface area (Å²) in [6.45, 7) is -0.474. The molecule has 0 unspecified atom stereocenters. The van der Waals surface area contributed by atoms with E-state index in [1.807, 2.05) is 0 Å². The number of nitrogens with zero attached hydrogens (tertiary/aromatic N) is 1. The summed E-state index contributed by atoms with van der Waals surface area (Å²) in [7, 11) is 0. The van der Waals surface area contributed by atoms with Crippen molar-refractivity contribution in [3.8, 4) is 0 Å². The number of rotatable bonds is 3. The van der Waals surface area contributed by atoms with Crippen LogP contribution in [0.25, 0.3) is 0 Å². The minimum Gasteiger partial charge on any atom is -0.364 e. The Bertz CT molecular complexity index is 235. The number of aromatic nitrogens is 1. The van der Waals surface area contributed by atoms with Crippen LogP contribution in [0, 0.1) is 5.82 Å². The van der Waals surface area contributed by atoms with Crippen molar-refractivity contribution in [1.29, 1.82) is 0 Å². The molecular formula is C7H7F3N2. The van der Waals surface area contributed by atoms with Crippen LogP contribution < -0.4 is 5.32 Å². The first-order chi connectivity index (χ1) is 5.68. The largest absolute Gasteiger partial charge is 0.364 e. The van der Waals surface area contributed by atoms with Crippen molar-refractivity contribution in [2.45, 2.75) is 6.43 Å². The van der Waals surface area contributed by atoms with E-state index in [-0.39, 0.29) is 5.82 Å². The molecule has 0 saturated carbocycles. The molecule has 1 aromatic rings. The number of anilines is 1. The molecule has 1 rings (SSSR count). The van der Waals surface area contributed by atoms with Crippen LogP contribution in [0.3, 0.4) is 0 Å². The van der Waals surface area contributed by atoms with Gasteiger partial charge in [-0.25, -0.2) is 18.2 Å². The Kier molecular flexibility index (Phi) is 2.90. The zero-order chi connectivity index (χ0) is 8.97. The lowest BCUT2D eigenvalue weighted by Crippen LogP contribution is -2.10. The maximum atomic E-state index is 12.2. The topological polar surface area (TPSA) is 24.9 Å². The van der Waals surface area contributed by atoms with Crippen molar-refractivity contribution in [3.63, 3.8) is 0 Å². The molecule has 5 heteroatoms. The lowest BCUT2D eigenvalue weighted by Gasteiger charge is -2.02. The van der Waals surface area contributed by atoms with Crippen LogP contribution in [0.4, 0.5) is 19.0 Å². The fourth-order valence-corrected chi connectivity index (χ4v) is 0.662. The van der Waals surface area contributed by atoms with E-state index in [0.717, 1.165) is 12.3 Å². The van der Waals surface area contributed by atoms with E-state index in [4.69, 9.17) is 0 Å². The third-order valence-corrected chi connectivity index (χ3v) is 1.16. The SMILES string of the molecule is Fc1ccc(NCC(F)F)nc1. The van der Waals surface area contributed by atoms with Crippen LogP contribution >= 0.6 is 0 Å². The Balaban J connectivity index is 2.48. The van der Waals surface area contributed by atoms with E-state index >= 15 is 0 Å². The van der Waals surface area contributed by atoms with Crippen LogP contribution in [-0.4, -0.2) is 18.0 Å². The van der Waals surface area contributed by atoms with Crippen LogP contribution in [0.1, 0.15) is 0 Å². The lowest BCUT2D eigenvalue weighted by atomic mass is 10.4. The molecule has 0 aromatic carbocycles. The molecule has 1 N–H and O–H groups in total. The van der Waals surface area contributed by atoms with Gasteiger partial charge >= 0.3 is 0 Å². The van der Waals surface area contributed by atoms with E-state index in [1.165, 1.54) is 6.07 Å². The number of nitrogens with one attached hydrogen (secondary N) is 1. The van der Waals surface area contributed by atoms with Crippen molar-refractivity contribution >= 4 is 5.82 Å². The van der Waals surface area contributed by atoms with Gasteiger partial charge in [-0.1, -0.05) is 0 Å². The summed E-state index contributed by atoms with van der Waals surface area (Å²) in [5, 5.41) is 2.34. The quantitative estimate of drug-likeness (QED) is 0.760. The number of halogens is 3. The highest BCUT2D eigenvalue weighted by atomic mass is 19.3. The van der Waals surface area contributed by atoms with Crippen molar-refractivity contribution in [2.75, 3.05) is 11.9 Å². The summed E-state index contributed by atoms with van der Waals surface area (Å²) < 4.78 is 35.5. The summed E-state index contributed by atoms with van der Waals surface area (Å²) in [5.74, 6) is -0.241. The molecule has 0 fully saturated rings. The highest BCUT2D eigenvalue weighted by molar-refractivity contribution is 5.33. The predicted octanol–water partition coefficient (Wildman–Crippen LogP) is 1.90. The highest BCUT2D eigenvalue weighted by Gasteiger charge is 2.01.